The fourth-order valence-corrected chi connectivity index (χ4v) is 1.25. The van der Waals surface area contributed by atoms with Gasteiger partial charge < -0.3 is 9.84 Å². The molecule has 0 radical (unpaired) electrons. The second-order valence-electron chi connectivity index (χ2n) is 3.37. The van der Waals surface area contributed by atoms with Crippen LogP contribution in [0.1, 0.15) is 13.8 Å². The van der Waals surface area contributed by atoms with Gasteiger partial charge in [0, 0.05) is 4.47 Å². The molecule has 0 aliphatic heterocycles. The monoisotopic (exact) mass is 258 g/mol. The Bertz CT molecular complexity index is 347. The van der Waals surface area contributed by atoms with Crippen LogP contribution >= 0.6 is 15.9 Å². The Morgan fingerprint density at radius 3 is 2.64 bits per heavy atom. The van der Waals surface area contributed by atoms with E-state index in [0.29, 0.717) is 5.75 Å². The highest BCUT2D eigenvalue weighted by Gasteiger charge is 2.29. The Kier molecular flexibility index (Phi) is 3.16. The number of carboxylic acids is 1. The molecule has 4 heteroatoms. The Morgan fingerprint density at radius 2 is 2.14 bits per heavy atom. The van der Waals surface area contributed by atoms with E-state index in [9.17, 15) is 4.79 Å². The Balaban J connectivity index is 2.83. The molecule has 3 nitrogen and oxygen atoms in total. The molecule has 1 N–H and O–H groups in total. The fourth-order valence-electron chi connectivity index (χ4n) is 0.869. The number of halogens is 1. The van der Waals surface area contributed by atoms with Crippen LogP contribution in [0.4, 0.5) is 0 Å². The van der Waals surface area contributed by atoms with Crippen molar-refractivity contribution >= 4 is 21.9 Å². The van der Waals surface area contributed by atoms with E-state index in [1.165, 1.54) is 13.8 Å². The van der Waals surface area contributed by atoms with Crippen LogP contribution in [0.2, 0.25) is 0 Å². The number of aliphatic carboxylic acids is 1. The third-order valence-corrected chi connectivity index (χ3v) is 2.18. The van der Waals surface area contributed by atoms with Crippen LogP contribution in [-0.2, 0) is 4.79 Å². The standard InChI is InChI=1S/C10H11BrO3/c1-10(2,9(12)13)14-8-5-3-4-7(11)6-8/h3-6H,1-2H3,(H,12,13). The predicted octanol–water partition coefficient (Wildman–Crippen LogP) is 2.69. The van der Waals surface area contributed by atoms with Gasteiger partial charge in [-0.3, -0.25) is 0 Å². The van der Waals surface area contributed by atoms with Gasteiger partial charge in [0.25, 0.3) is 0 Å². The normalized spacial score (nSPS) is 11.1. The highest BCUT2D eigenvalue weighted by Crippen LogP contribution is 2.22. The number of carbonyl (C=O) groups is 1. The van der Waals surface area contributed by atoms with Gasteiger partial charge in [-0.1, -0.05) is 22.0 Å². The summed E-state index contributed by atoms with van der Waals surface area (Å²) in [4.78, 5) is 10.8. The zero-order valence-electron chi connectivity index (χ0n) is 7.95. The van der Waals surface area contributed by atoms with Crippen molar-refractivity contribution in [3.8, 4) is 5.75 Å². The van der Waals surface area contributed by atoms with Crippen molar-refractivity contribution in [3.05, 3.63) is 28.7 Å². The van der Waals surface area contributed by atoms with Crippen LogP contribution in [0.3, 0.4) is 0 Å². The van der Waals surface area contributed by atoms with Crippen LogP contribution in [-0.4, -0.2) is 16.7 Å². The summed E-state index contributed by atoms with van der Waals surface area (Å²) in [6.45, 7) is 3.02. The molecule has 1 aromatic rings. The lowest BCUT2D eigenvalue weighted by molar-refractivity contribution is -0.152. The smallest absolute Gasteiger partial charge is 0.347 e. The van der Waals surface area contributed by atoms with Gasteiger partial charge in [0.05, 0.1) is 0 Å². The molecule has 0 aliphatic rings. The first-order valence-corrected chi connectivity index (χ1v) is 4.89. The van der Waals surface area contributed by atoms with E-state index < -0.39 is 11.6 Å². The van der Waals surface area contributed by atoms with Gasteiger partial charge in [0.1, 0.15) is 5.75 Å². The molecule has 0 saturated heterocycles. The summed E-state index contributed by atoms with van der Waals surface area (Å²) in [5, 5.41) is 8.84. The first kappa shape index (κ1) is 11.0. The largest absolute Gasteiger partial charge is 0.478 e. The van der Waals surface area contributed by atoms with Crippen LogP contribution < -0.4 is 4.74 Å². The highest BCUT2D eigenvalue weighted by atomic mass is 79.9. The van der Waals surface area contributed by atoms with E-state index >= 15 is 0 Å². The van der Waals surface area contributed by atoms with Crippen LogP contribution in [0.25, 0.3) is 0 Å². The average molecular weight is 259 g/mol. The predicted molar refractivity (Wildman–Crippen MR) is 56.5 cm³/mol. The highest BCUT2D eigenvalue weighted by molar-refractivity contribution is 9.10. The van der Waals surface area contributed by atoms with Crippen molar-refractivity contribution in [3.63, 3.8) is 0 Å². The number of hydrogen-bond acceptors (Lipinski definition) is 2. The minimum absolute atomic E-state index is 0.534. The van der Waals surface area contributed by atoms with Crippen molar-refractivity contribution in [2.45, 2.75) is 19.4 Å². The van der Waals surface area contributed by atoms with E-state index in [1.807, 2.05) is 6.07 Å². The molecule has 0 heterocycles. The van der Waals surface area contributed by atoms with Gasteiger partial charge in [0.2, 0.25) is 0 Å². The van der Waals surface area contributed by atoms with Crippen molar-refractivity contribution < 1.29 is 14.6 Å². The quantitative estimate of drug-likeness (QED) is 0.907. The van der Waals surface area contributed by atoms with Crippen LogP contribution in [0.15, 0.2) is 28.7 Å². The molecule has 76 valence electrons. The van der Waals surface area contributed by atoms with Crippen LogP contribution in [0.5, 0.6) is 5.75 Å². The van der Waals surface area contributed by atoms with Crippen molar-refractivity contribution in [1.29, 1.82) is 0 Å². The lowest BCUT2D eigenvalue weighted by Crippen LogP contribution is -2.37. The number of ether oxygens (including phenoxy) is 1. The Hall–Kier alpha value is -1.03. The molecule has 1 aromatic carbocycles. The molecule has 1 rings (SSSR count). The van der Waals surface area contributed by atoms with E-state index in [1.54, 1.807) is 18.2 Å². The third-order valence-electron chi connectivity index (χ3n) is 1.68. The maximum Gasteiger partial charge on any atom is 0.347 e. The fraction of sp³-hybridized carbons (Fsp3) is 0.300. The first-order chi connectivity index (χ1) is 6.42. The second kappa shape index (κ2) is 4.00. The molecule has 0 aliphatic carbocycles. The lowest BCUT2D eigenvalue weighted by atomic mass is 10.1. The number of hydrogen-bond donors (Lipinski definition) is 1. The summed E-state index contributed by atoms with van der Waals surface area (Å²) in [6.07, 6.45) is 0. The lowest BCUT2D eigenvalue weighted by Gasteiger charge is -2.21. The topological polar surface area (TPSA) is 46.5 Å². The van der Waals surface area contributed by atoms with Crippen molar-refractivity contribution in [2.24, 2.45) is 0 Å². The molecule has 0 bridgehead atoms. The van der Waals surface area contributed by atoms with Crippen molar-refractivity contribution in [1.82, 2.24) is 0 Å². The van der Waals surface area contributed by atoms with Crippen molar-refractivity contribution in [2.75, 3.05) is 0 Å². The van der Waals surface area contributed by atoms with Gasteiger partial charge >= 0.3 is 5.97 Å². The van der Waals surface area contributed by atoms with E-state index in [2.05, 4.69) is 15.9 Å². The van der Waals surface area contributed by atoms with E-state index in [0.717, 1.165) is 4.47 Å². The third kappa shape index (κ3) is 2.73. The summed E-state index contributed by atoms with van der Waals surface area (Å²) in [5.41, 5.74) is -1.21. The molecule has 0 saturated carbocycles. The number of rotatable bonds is 3. The zero-order valence-corrected chi connectivity index (χ0v) is 9.54. The molecule has 0 aromatic heterocycles. The molecule has 0 fully saturated rings. The molecule has 14 heavy (non-hydrogen) atoms. The Morgan fingerprint density at radius 1 is 1.50 bits per heavy atom. The zero-order chi connectivity index (χ0) is 10.8. The van der Waals surface area contributed by atoms with Gasteiger partial charge in [-0.05, 0) is 32.0 Å². The number of benzene rings is 1. The summed E-state index contributed by atoms with van der Waals surface area (Å²) >= 11 is 3.28. The maximum absolute atomic E-state index is 10.8. The minimum Gasteiger partial charge on any atom is -0.478 e. The Labute approximate surface area is 90.8 Å². The SMILES string of the molecule is CC(C)(Oc1cccc(Br)c1)C(=O)O. The van der Waals surface area contributed by atoms with Crippen LogP contribution in [0, 0.1) is 0 Å². The van der Waals surface area contributed by atoms with Gasteiger partial charge in [-0.25, -0.2) is 4.79 Å². The molecule has 0 unspecified atom stereocenters. The molecule has 0 atom stereocenters. The average Bonchev–Trinajstić information content (AvgIpc) is 2.02. The summed E-state index contributed by atoms with van der Waals surface area (Å²) < 4.78 is 6.17. The minimum atomic E-state index is -1.21. The maximum atomic E-state index is 10.8. The van der Waals surface area contributed by atoms with Gasteiger partial charge in [-0.2, -0.15) is 0 Å². The molecular formula is C10H11BrO3. The number of carboxylic acid groups (broad SMARTS) is 1. The molecule has 0 spiro atoms. The van der Waals surface area contributed by atoms with E-state index in [-0.39, 0.29) is 0 Å². The summed E-state index contributed by atoms with van der Waals surface area (Å²) in [6, 6.07) is 7.08. The van der Waals surface area contributed by atoms with E-state index in [4.69, 9.17) is 9.84 Å². The van der Waals surface area contributed by atoms with Gasteiger partial charge in [-0.15, -0.1) is 0 Å². The summed E-state index contributed by atoms with van der Waals surface area (Å²) in [7, 11) is 0. The molecule has 0 amide bonds. The first-order valence-electron chi connectivity index (χ1n) is 4.10. The molecular weight excluding hydrogens is 248 g/mol. The van der Waals surface area contributed by atoms with Gasteiger partial charge in [0.15, 0.2) is 5.60 Å². The second-order valence-corrected chi connectivity index (χ2v) is 4.29. The summed E-state index contributed by atoms with van der Waals surface area (Å²) in [5.74, 6) is -0.454.